The van der Waals surface area contributed by atoms with E-state index < -0.39 is 6.04 Å². The van der Waals surface area contributed by atoms with Crippen LogP contribution >= 0.6 is 0 Å². The van der Waals surface area contributed by atoms with Crippen LogP contribution in [0.3, 0.4) is 0 Å². The van der Waals surface area contributed by atoms with Crippen molar-refractivity contribution in [2.24, 2.45) is 11.5 Å². The first-order valence-corrected chi connectivity index (χ1v) is 5.71. The van der Waals surface area contributed by atoms with Gasteiger partial charge in [-0.2, -0.15) is 0 Å². The fourth-order valence-electron chi connectivity index (χ4n) is 1.29. The largest absolute Gasteiger partial charge is 0.330 e. The minimum atomic E-state index is -0.528. The van der Waals surface area contributed by atoms with Crippen molar-refractivity contribution in [3.8, 4) is 0 Å². The number of hydrogen-bond donors (Lipinski definition) is 3. The van der Waals surface area contributed by atoms with Crippen LogP contribution in [0.4, 0.5) is 0 Å². The fraction of sp³-hybridized carbons (Fsp3) is 0.818. The van der Waals surface area contributed by atoms with Crippen molar-refractivity contribution >= 4 is 11.6 Å². The molecule has 0 spiro atoms. The predicted octanol–water partition coefficient (Wildman–Crippen LogP) is -0.421. The molecular weight excluding hydrogens is 206 g/mol. The van der Waals surface area contributed by atoms with E-state index in [0.717, 1.165) is 12.8 Å². The van der Waals surface area contributed by atoms with Gasteiger partial charge in [-0.25, -0.2) is 0 Å². The molecule has 0 saturated heterocycles. The van der Waals surface area contributed by atoms with E-state index in [4.69, 9.17) is 11.5 Å². The van der Waals surface area contributed by atoms with Gasteiger partial charge in [0.15, 0.2) is 11.6 Å². The van der Waals surface area contributed by atoms with Gasteiger partial charge in [0.2, 0.25) is 0 Å². The molecule has 0 aliphatic heterocycles. The third-order valence-electron chi connectivity index (χ3n) is 2.65. The maximum absolute atomic E-state index is 11.6. The summed E-state index contributed by atoms with van der Waals surface area (Å²) in [5.41, 5.74) is 11.0. The van der Waals surface area contributed by atoms with Gasteiger partial charge in [0.05, 0.1) is 18.5 Å². The molecule has 0 aliphatic carbocycles. The third kappa shape index (κ3) is 5.95. The lowest BCUT2D eigenvalue weighted by molar-refractivity contribution is -0.128. The smallest absolute Gasteiger partial charge is 0.156 e. The summed E-state index contributed by atoms with van der Waals surface area (Å²) in [6.07, 6.45) is 2.23. The van der Waals surface area contributed by atoms with Crippen LogP contribution in [-0.2, 0) is 9.59 Å². The Morgan fingerprint density at radius 2 is 1.88 bits per heavy atom. The molecule has 0 saturated carbocycles. The van der Waals surface area contributed by atoms with Crippen LogP contribution in [0.5, 0.6) is 0 Å². The molecule has 0 amide bonds. The van der Waals surface area contributed by atoms with E-state index in [9.17, 15) is 9.59 Å². The molecule has 0 unspecified atom stereocenters. The average molecular weight is 229 g/mol. The quantitative estimate of drug-likeness (QED) is 0.368. The second-order valence-electron chi connectivity index (χ2n) is 4.01. The molecule has 0 radical (unpaired) electrons. The van der Waals surface area contributed by atoms with Gasteiger partial charge in [-0.1, -0.05) is 6.42 Å². The third-order valence-corrected chi connectivity index (χ3v) is 2.65. The Kier molecular flexibility index (Phi) is 7.97. The zero-order valence-corrected chi connectivity index (χ0v) is 10.2. The Hall–Kier alpha value is -0.780. The number of nitrogens with one attached hydrogen (secondary N) is 1. The summed E-state index contributed by atoms with van der Waals surface area (Å²) < 4.78 is 0. The van der Waals surface area contributed by atoms with Crippen LogP contribution in [-0.4, -0.2) is 37.2 Å². The van der Waals surface area contributed by atoms with Gasteiger partial charge in [0.1, 0.15) is 0 Å². The summed E-state index contributed by atoms with van der Waals surface area (Å²) in [5.74, 6) is -0.286. The molecule has 0 aliphatic rings. The highest BCUT2D eigenvalue weighted by Gasteiger charge is 2.19. The highest BCUT2D eigenvalue weighted by Crippen LogP contribution is 2.03. The van der Waals surface area contributed by atoms with E-state index in [1.165, 1.54) is 0 Å². The predicted molar refractivity (Wildman–Crippen MR) is 64.0 cm³/mol. The van der Waals surface area contributed by atoms with Crippen LogP contribution in [0.1, 0.15) is 32.6 Å². The fourth-order valence-corrected chi connectivity index (χ4v) is 1.29. The van der Waals surface area contributed by atoms with Gasteiger partial charge in [0, 0.05) is 0 Å². The molecule has 16 heavy (non-hydrogen) atoms. The van der Waals surface area contributed by atoms with E-state index in [0.29, 0.717) is 13.0 Å². The van der Waals surface area contributed by atoms with Gasteiger partial charge in [-0.15, -0.1) is 0 Å². The van der Waals surface area contributed by atoms with Crippen LogP contribution in [0.25, 0.3) is 0 Å². The first kappa shape index (κ1) is 15.2. The maximum atomic E-state index is 11.6. The van der Waals surface area contributed by atoms with Crippen molar-refractivity contribution in [2.45, 2.75) is 44.7 Å². The standard InChI is InChI=1S/C11H23N3O2/c1-8(14-2)10(15)7-11(16)9(13)5-3-4-6-12/h8-9,14H,3-7,12-13H2,1-2H3/t8-,9-/m0/s1. The van der Waals surface area contributed by atoms with Crippen LogP contribution in [0.2, 0.25) is 0 Å². The molecule has 0 bridgehead atoms. The molecule has 0 aromatic heterocycles. The summed E-state index contributed by atoms with van der Waals surface area (Å²) >= 11 is 0. The second-order valence-corrected chi connectivity index (χ2v) is 4.01. The van der Waals surface area contributed by atoms with E-state index in [-0.39, 0.29) is 24.0 Å². The molecule has 5 nitrogen and oxygen atoms in total. The SMILES string of the molecule is CN[C@@H](C)C(=O)CC(=O)[C@@H](N)CCCCN. The van der Waals surface area contributed by atoms with Crippen molar-refractivity contribution < 1.29 is 9.59 Å². The van der Waals surface area contributed by atoms with Crippen molar-refractivity contribution in [1.29, 1.82) is 0 Å². The lowest BCUT2D eigenvalue weighted by Crippen LogP contribution is -2.37. The molecule has 0 aromatic carbocycles. The van der Waals surface area contributed by atoms with Gasteiger partial charge < -0.3 is 16.8 Å². The normalized spacial score (nSPS) is 14.5. The zero-order valence-electron chi connectivity index (χ0n) is 10.2. The summed E-state index contributed by atoms with van der Waals surface area (Å²) in [6.45, 7) is 2.34. The highest BCUT2D eigenvalue weighted by atomic mass is 16.2. The maximum Gasteiger partial charge on any atom is 0.156 e. The van der Waals surface area contributed by atoms with Gasteiger partial charge in [-0.05, 0) is 33.4 Å². The van der Waals surface area contributed by atoms with Crippen molar-refractivity contribution in [3.63, 3.8) is 0 Å². The lowest BCUT2D eigenvalue weighted by atomic mass is 10.00. The Balaban J connectivity index is 3.91. The van der Waals surface area contributed by atoms with Gasteiger partial charge in [0.25, 0.3) is 0 Å². The van der Waals surface area contributed by atoms with E-state index in [1.807, 2.05) is 0 Å². The molecule has 2 atom stereocenters. The Morgan fingerprint density at radius 3 is 2.38 bits per heavy atom. The number of likely N-dealkylation sites (N-methyl/N-ethyl adjacent to an activating group) is 1. The molecule has 0 rings (SSSR count). The molecule has 5 heteroatoms. The number of ketones is 2. The van der Waals surface area contributed by atoms with Crippen molar-refractivity contribution in [3.05, 3.63) is 0 Å². The first-order chi connectivity index (χ1) is 7.52. The number of unbranched alkanes of at least 4 members (excludes halogenated alkanes) is 1. The number of carbonyl (C=O) groups is 2. The zero-order chi connectivity index (χ0) is 12.6. The van der Waals surface area contributed by atoms with Crippen molar-refractivity contribution in [1.82, 2.24) is 5.32 Å². The molecule has 94 valence electrons. The number of rotatable bonds is 9. The van der Waals surface area contributed by atoms with Gasteiger partial charge in [-0.3, -0.25) is 9.59 Å². The minimum Gasteiger partial charge on any atom is -0.330 e. The highest BCUT2D eigenvalue weighted by molar-refractivity contribution is 6.03. The molecule has 5 N–H and O–H groups in total. The number of hydrogen-bond acceptors (Lipinski definition) is 5. The van der Waals surface area contributed by atoms with Crippen LogP contribution in [0, 0.1) is 0 Å². The van der Waals surface area contributed by atoms with Crippen molar-refractivity contribution in [2.75, 3.05) is 13.6 Å². The van der Waals surface area contributed by atoms with E-state index in [2.05, 4.69) is 5.32 Å². The number of carbonyl (C=O) groups excluding carboxylic acids is 2. The summed E-state index contributed by atoms with van der Waals surface area (Å²) in [5, 5.41) is 2.80. The minimum absolute atomic E-state index is 0.0776. The first-order valence-electron chi connectivity index (χ1n) is 5.71. The number of Topliss-reactive ketones (excluding diaryl/α,β-unsaturated/α-hetero) is 2. The number of nitrogens with two attached hydrogens (primary N) is 2. The van der Waals surface area contributed by atoms with Gasteiger partial charge >= 0.3 is 0 Å². The topological polar surface area (TPSA) is 98.2 Å². The molecule has 0 fully saturated rings. The monoisotopic (exact) mass is 229 g/mol. The second kappa shape index (κ2) is 8.38. The van der Waals surface area contributed by atoms with E-state index >= 15 is 0 Å². The summed E-state index contributed by atoms with van der Waals surface area (Å²) in [6, 6.07) is -0.820. The Labute approximate surface area is 96.9 Å². The average Bonchev–Trinajstić information content (AvgIpc) is 2.27. The van der Waals surface area contributed by atoms with Crippen LogP contribution in [0.15, 0.2) is 0 Å². The summed E-state index contributed by atoms with van der Waals surface area (Å²) in [7, 11) is 1.69. The Morgan fingerprint density at radius 1 is 1.25 bits per heavy atom. The lowest BCUT2D eigenvalue weighted by Gasteiger charge is -2.12. The Bertz CT molecular complexity index is 231. The summed E-state index contributed by atoms with van der Waals surface area (Å²) in [4.78, 5) is 23.0. The van der Waals surface area contributed by atoms with E-state index in [1.54, 1.807) is 14.0 Å². The molecular formula is C11H23N3O2. The van der Waals surface area contributed by atoms with Crippen LogP contribution < -0.4 is 16.8 Å². The molecule has 0 aromatic rings. The molecule has 0 heterocycles.